The Kier molecular flexibility index (Phi) is 3.94. The van der Waals surface area contributed by atoms with Crippen molar-refractivity contribution < 1.29 is 4.74 Å². The molecule has 0 bridgehead atoms. The molecule has 106 valence electrons. The Bertz CT molecular complexity index is 638. The van der Waals surface area contributed by atoms with Gasteiger partial charge in [0.15, 0.2) is 5.82 Å². The molecule has 20 heavy (non-hydrogen) atoms. The summed E-state index contributed by atoms with van der Waals surface area (Å²) in [6.07, 6.45) is 0. The first-order valence-corrected chi connectivity index (χ1v) is 6.96. The van der Waals surface area contributed by atoms with E-state index in [4.69, 9.17) is 10.5 Å². The van der Waals surface area contributed by atoms with Crippen molar-refractivity contribution in [2.45, 2.75) is 26.2 Å². The highest BCUT2D eigenvalue weighted by atomic mass is 79.9. The Balaban J connectivity index is 2.53. The number of rotatable bonds is 2. The fourth-order valence-electron chi connectivity index (χ4n) is 1.66. The second-order valence-electron chi connectivity index (χ2n) is 5.44. The van der Waals surface area contributed by atoms with Gasteiger partial charge in [0.2, 0.25) is 5.95 Å². The lowest BCUT2D eigenvalue weighted by atomic mass is 9.96. The molecule has 0 aliphatic heterocycles. The first-order chi connectivity index (χ1) is 9.31. The van der Waals surface area contributed by atoms with Crippen LogP contribution in [0.15, 0.2) is 22.7 Å². The number of halogens is 1. The number of nitrogens with zero attached hydrogens (tertiary/aromatic N) is 3. The molecule has 0 saturated carbocycles. The van der Waals surface area contributed by atoms with Crippen LogP contribution in [0, 0.1) is 0 Å². The molecule has 0 fully saturated rings. The van der Waals surface area contributed by atoms with Crippen LogP contribution < -0.4 is 10.5 Å². The molecular weight excluding hydrogens is 320 g/mol. The van der Waals surface area contributed by atoms with Gasteiger partial charge in [-0.2, -0.15) is 9.97 Å². The maximum Gasteiger partial charge on any atom is 0.223 e. The summed E-state index contributed by atoms with van der Waals surface area (Å²) >= 11 is 3.45. The molecule has 0 atom stereocenters. The van der Waals surface area contributed by atoms with Gasteiger partial charge in [0.1, 0.15) is 11.6 Å². The van der Waals surface area contributed by atoms with Gasteiger partial charge in [0.05, 0.1) is 11.6 Å². The average Bonchev–Trinajstić information content (AvgIpc) is 2.37. The third kappa shape index (κ3) is 3.07. The molecule has 0 aliphatic rings. The van der Waals surface area contributed by atoms with Gasteiger partial charge >= 0.3 is 0 Å². The zero-order valence-corrected chi connectivity index (χ0v) is 13.5. The van der Waals surface area contributed by atoms with Gasteiger partial charge in [-0.1, -0.05) is 20.8 Å². The number of methoxy groups -OCH3 is 1. The second kappa shape index (κ2) is 5.36. The van der Waals surface area contributed by atoms with Crippen LogP contribution in [0.25, 0.3) is 11.4 Å². The van der Waals surface area contributed by atoms with E-state index in [2.05, 4.69) is 30.9 Å². The van der Waals surface area contributed by atoms with Crippen LogP contribution >= 0.6 is 15.9 Å². The van der Waals surface area contributed by atoms with Crippen molar-refractivity contribution in [1.29, 1.82) is 0 Å². The summed E-state index contributed by atoms with van der Waals surface area (Å²) in [7, 11) is 1.62. The number of benzene rings is 1. The lowest BCUT2D eigenvalue weighted by Crippen LogP contribution is -2.18. The van der Waals surface area contributed by atoms with E-state index >= 15 is 0 Å². The molecule has 1 heterocycles. The van der Waals surface area contributed by atoms with Gasteiger partial charge in [-0.25, -0.2) is 4.98 Å². The fraction of sp³-hybridized carbons (Fsp3) is 0.357. The van der Waals surface area contributed by atoms with Gasteiger partial charge in [-0.15, -0.1) is 0 Å². The lowest BCUT2D eigenvalue weighted by molar-refractivity contribution is 0.412. The molecule has 0 spiro atoms. The predicted molar refractivity (Wildman–Crippen MR) is 82.6 cm³/mol. The van der Waals surface area contributed by atoms with Crippen molar-refractivity contribution in [3.05, 3.63) is 28.5 Å². The number of aromatic nitrogens is 3. The molecule has 0 amide bonds. The Hall–Kier alpha value is -1.69. The maximum absolute atomic E-state index is 5.79. The molecule has 0 radical (unpaired) electrons. The quantitative estimate of drug-likeness (QED) is 0.911. The zero-order chi connectivity index (χ0) is 14.9. The minimum atomic E-state index is -0.185. The maximum atomic E-state index is 5.79. The van der Waals surface area contributed by atoms with Gasteiger partial charge in [-0.05, 0) is 34.1 Å². The second-order valence-corrected chi connectivity index (χ2v) is 6.29. The summed E-state index contributed by atoms with van der Waals surface area (Å²) in [6, 6.07) is 5.65. The van der Waals surface area contributed by atoms with Crippen LogP contribution in [0.5, 0.6) is 5.75 Å². The molecular formula is C14H17BrN4O. The van der Waals surface area contributed by atoms with Crippen molar-refractivity contribution in [3.8, 4) is 17.1 Å². The molecule has 0 unspecified atom stereocenters. The van der Waals surface area contributed by atoms with E-state index in [1.165, 1.54) is 0 Å². The molecule has 2 N–H and O–H groups in total. The summed E-state index contributed by atoms with van der Waals surface area (Å²) < 4.78 is 6.05. The topological polar surface area (TPSA) is 73.9 Å². The third-order valence-corrected chi connectivity index (χ3v) is 3.35. The van der Waals surface area contributed by atoms with E-state index in [1.54, 1.807) is 7.11 Å². The summed E-state index contributed by atoms with van der Waals surface area (Å²) in [6.45, 7) is 6.11. The molecule has 6 heteroatoms. The van der Waals surface area contributed by atoms with Crippen LogP contribution in [0.1, 0.15) is 26.6 Å². The van der Waals surface area contributed by atoms with Crippen molar-refractivity contribution in [2.24, 2.45) is 0 Å². The summed E-state index contributed by atoms with van der Waals surface area (Å²) in [5.41, 5.74) is 6.46. The highest BCUT2D eigenvalue weighted by molar-refractivity contribution is 9.10. The standard InChI is InChI=1S/C14H17BrN4O/c1-14(2,3)12-17-11(18-13(16)19-12)8-5-6-10(20-4)9(15)7-8/h5-7H,1-4H3,(H2,16,17,18,19). The number of hydrogen-bond donors (Lipinski definition) is 1. The Morgan fingerprint density at radius 1 is 1.15 bits per heavy atom. The van der Waals surface area contributed by atoms with E-state index in [0.29, 0.717) is 11.6 Å². The van der Waals surface area contributed by atoms with Crippen molar-refractivity contribution in [2.75, 3.05) is 12.8 Å². The normalized spacial score (nSPS) is 11.4. The Labute approximate surface area is 126 Å². The van der Waals surface area contributed by atoms with Crippen molar-refractivity contribution in [1.82, 2.24) is 15.0 Å². The smallest absolute Gasteiger partial charge is 0.223 e. The number of anilines is 1. The molecule has 1 aromatic carbocycles. The minimum absolute atomic E-state index is 0.185. The van der Waals surface area contributed by atoms with Crippen LogP contribution in [0.3, 0.4) is 0 Å². The lowest BCUT2D eigenvalue weighted by Gasteiger charge is -2.17. The predicted octanol–water partition coefficient (Wildman–Crippen LogP) is 3.19. The van der Waals surface area contributed by atoms with Gasteiger partial charge < -0.3 is 10.5 Å². The fourth-order valence-corrected chi connectivity index (χ4v) is 2.20. The highest BCUT2D eigenvalue weighted by Crippen LogP contribution is 2.30. The number of hydrogen-bond acceptors (Lipinski definition) is 5. The molecule has 2 aromatic rings. The first-order valence-electron chi connectivity index (χ1n) is 6.17. The first kappa shape index (κ1) is 14.7. The number of nitrogens with two attached hydrogens (primary N) is 1. The van der Waals surface area contributed by atoms with E-state index in [1.807, 2.05) is 39.0 Å². The largest absolute Gasteiger partial charge is 0.496 e. The van der Waals surface area contributed by atoms with Gasteiger partial charge in [0, 0.05) is 11.0 Å². The summed E-state index contributed by atoms with van der Waals surface area (Å²) in [5, 5.41) is 0. The third-order valence-electron chi connectivity index (χ3n) is 2.73. The molecule has 0 saturated heterocycles. The van der Waals surface area contributed by atoms with Crippen molar-refractivity contribution >= 4 is 21.9 Å². The minimum Gasteiger partial charge on any atom is -0.496 e. The number of ether oxygens (including phenoxy) is 1. The van der Waals surface area contributed by atoms with E-state index in [0.717, 1.165) is 15.8 Å². The molecule has 2 rings (SSSR count). The SMILES string of the molecule is COc1ccc(-c2nc(N)nc(C(C)(C)C)n2)cc1Br. The van der Waals surface area contributed by atoms with Crippen LogP contribution in [-0.4, -0.2) is 22.1 Å². The van der Waals surface area contributed by atoms with Crippen LogP contribution in [0.4, 0.5) is 5.95 Å². The number of nitrogen functional groups attached to an aromatic ring is 1. The van der Waals surface area contributed by atoms with E-state index in [9.17, 15) is 0 Å². The van der Waals surface area contributed by atoms with E-state index in [-0.39, 0.29) is 11.4 Å². The van der Waals surface area contributed by atoms with E-state index < -0.39 is 0 Å². The van der Waals surface area contributed by atoms with Crippen LogP contribution in [0.2, 0.25) is 0 Å². The Morgan fingerprint density at radius 3 is 2.40 bits per heavy atom. The van der Waals surface area contributed by atoms with Gasteiger partial charge in [0.25, 0.3) is 0 Å². The summed E-state index contributed by atoms with van der Waals surface area (Å²) in [4.78, 5) is 12.9. The van der Waals surface area contributed by atoms with Gasteiger partial charge in [-0.3, -0.25) is 0 Å². The monoisotopic (exact) mass is 336 g/mol. The molecule has 5 nitrogen and oxygen atoms in total. The highest BCUT2D eigenvalue weighted by Gasteiger charge is 2.20. The zero-order valence-electron chi connectivity index (χ0n) is 11.9. The molecule has 0 aliphatic carbocycles. The Morgan fingerprint density at radius 2 is 1.85 bits per heavy atom. The average molecular weight is 337 g/mol. The van der Waals surface area contributed by atoms with Crippen molar-refractivity contribution in [3.63, 3.8) is 0 Å². The van der Waals surface area contributed by atoms with Crippen LogP contribution in [-0.2, 0) is 5.41 Å². The summed E-state index contributed by atoms with van der Waals surface area (Å²) in [5.74, 6) is 2.22. The molecule has 1 aromatic heterocycles.